The minimum atomic E-state index is -0.493. The maximum Gasteiger partial charge on any atom is 0.308 e. The monoisotopic (exact) mass is 308 g/mol. The molecule has 0 saturated carbocycles. The van der Waals surface area contributed by atoms with Crippen LogP contribution in [0.1, 0.15) is 52.9 Å². The molecule has 0 N–H and O–H groups in total. The summed E-state index contributed by atoms with van der Waals surface area (Å²) in [5, 5.41) is 0. The van der Waals surface area contributed by atoms with E-state index in [1.165, 1.54) is 33.1 Å². The molecule has 0 aliphatic carbocycles. The van der Waals surface area contributed by atoms with Gasteiger partial charge in [-0.1, -0.05) is 38.7 Å². The third kappa shape index (κ3) is 6.61. The van der Waals surface area contributed by atoms with Crippen LogP contribution in [0.2, 0.25) is 0 Å². The van der Waals surface area contributed by atoms with E-state index in [-0.39, 0.29) is 11.5 Å². The number of benzene rings is 1. The maximum absolute atomic E-state index is 11.2. The van der Waals surface area contributed by atoms with E-state index in [0.29, 0.717) is 12.4 Å². The van der Waals surface area contributed by atoms with Crippen LogP contribution >= 0.6 is 0 Å². The molecular formula is C17H24O5. The molecule has 0 aliphatic rings. The lowest BCUT2D eigenvalue weighted by Gasteiger charge is -2.14. The summed E-state index contributed by atoms with van der Waals surface area (Å²) in [5.74, 6) is -0.230. The van der Waals surface area contributed by atoms with Gasteiger partial charge in [-0.2, -0.15) is 0 Å². The van der Waals surface area contributed by atoms with Gasteiger partial charge in [-0.25, -0.2) is 0 Å². The number of hydrogen-bond acceptors (Lipinski definition) is 5. The molecule has 0 saturated heterocycles. The summed E-state index contributed by atoms with van der Waals surface area (Å²) in [6, 6.07) is 4.95. The number of para-hydroxylation sites is 1. The maximum atomic E-state index is 11.2. The van der Waals surface area contributed by atoms with Crippen molar-refractivity contribution < 1.29 is 23.8 Å². The van der Waals surface area contributed by atoms with Gasteiger partial charge in [0.1, 0.15) is 0 Å². The van der Waals surface area contributed by atoms with Crippen molar-refractivity contribution in [2.75, 3.05) is 6.61 Å². The molecule has 1 aromatic rings. The molecule has 0 aromatic heterocycles. The van der Waals surface area contributed by atoms with Crippen LogP contribution in [0.5, 0.6) is 17.2 Å². The van der Waals surface area contributed by atoms with E-state index >= 15 is 0 Å². The number of esters is 2. The van der Waals surface area contributed by atoms with E-state index in [0.717, 1.165) is 12.8 Å². The van der Waals surface area contributed by atoms with Crippen LogP contribution in [0.15, 0.2) is 18.2 Å². The fraction of sp³-hybridized carbons (Fsp3) is 0.529. The van der Waals surface area contributed by atoms with Crippen molar-refractivity contribution in [3.8, 4) is 17.2 Å². The molecule has 122 valence electrons. The van der Waals surface area contributed by atoms with Crippen molar-refractivity contribution in [3.63, 3.8) is 0 Å². The van der Waals surface area contributed by atoms with Crippen molar-refractivity contribution in [2.24, 2.45) is 0 Å². The second kappa shape index (κ2) is 9.82. The van der Waals surface area contributed by atoms with E-state index in [4.69, 9.17) is 14.2 Å². The molecule has 5 heteroatoms. The van der Waals surface area contributed by atoms with Gasteiger partial charge in [0.05, 0.1) is 6.61 Å². The quantitative estimate of drug-likeness (QED) is 0.393. The number of unbranched alkanes of at least 4 members (excludes halogenated alkanes) is 4. The molecule has 0 bridgehead atoms. The van der Waals surface area contributed by atoms with Gasteiger partial charge in [0, 0.05) is 13.8 Å². The van der Waals surface area contributed by atoms with Crippen LogP contribution in [-0.4, -0.2) is 18.5 Å². The Morgan fingerprint density at radius 2 is 1.55 bits per heavy atom. The second-order valence-corrected chi connectivity index (χ2v) is 5.03. The van der Waals surface area contributed by atoms with Crippen LogP contribution < -0.4 is 14.2 Å². The van der Waals surface area contributed by atoms with Gasteiger partial charge < -0.3 is 14.2 Å². The molecular weight excluding hydrogens is 284 g/mol. The Morgan fingerprint density at radius 1 is 0.909 bits per heavy atom. The summed E-state index contributed by atoms with van der Waals surface area (Å²) in [7, 11) is 0. The lowest BCUT2D eigenvalue weighted by molar-refractivity contribution is -0.134. The van der Waals surface area contributed by atoms with Gasteiger partial charge in [-0.05, 0) is 18.6 Å². The Morgan fingerprint density at radius 3 is 2.18 bits per heavy atom. The van der Waals surface area contributed by atoms with E-state index < -0.39 is 11.9 Å². The zero-order valence-corrected chi connectivity index (χ0v) is 13.5. The van der Waals surface area contributed by atoms with Crippen molar-refractivity contribution in [1.29, 1.82) is 0 Å². The minimum Gasteiger partial charge on any atom is -0.490 e. The molecule has 22 heavy (non-hydrogen) atoms. The summed E-state index contributed by atoms with van der Waals surface area (Å²) in [4.78, 5) is 22.4. The zero-order valence-electron chi connectivity index (χ0n) is 13.5. The Balaban J connectivity index is 2.70. The number of carbonyl (C=O) groups is 2. The first-order valence-electron chi connectivity index (χ1n) is 7.67. The van der Waals surface area contributed by atoms with E-state index in [1.807, 2.05) is 0 Å². The normalized spacial score (nSPS) is 10.1. The SMILES string of the molecule is CCCCCCCOc1cccc(OC(C)=O)c1OC(C)=O. The Bertz CT molecular complexity index is 496. The standard InChI is InChI=1S/C17H24O5/c1-4-5-6-7-8-12-20-15-10-9-11-16(21-13(2)18)17(15)22-14(3)19/h9-11H,4-8,12H2,1-3H3. The molecule has 0 spiro atoms. The summed E-state index contributed by atoms with van der Waals surface area (Å²) >= 11 is 0. The highest BCUT2D eigenvalue weighted by atomic mass is 16.6. The summed E-state index contributed by atoms with van der Waals surface area (Å²) < 4.78 is 15.9. The Hall–Kier alpha value is -2.04. The topological polar surface area (TPSA) is 61.8 Å². The highest BCUT2D eigenvalue weighted by Gasteiger charge is 2.16. The summed E-state index contributed by atoms with van der Waals surface area (Å²) in [5.41, 5.74) is 0. The zero-order chi connectivity index (χ0) is 16.4. The van der Waals surface area contributed by atoms with Crippen LogP contribution in [0, 0.1) is 0 Å². The highest BCUT2D eigenvalue weighted by Crippen LogP contribution is 2.37. The number of ether oxygens (including phenoxy) is 3. The molecule has 0 atom stereocenters. The molecule has 0 fully saturated rings. The molecule has 0 amide bonds. The molecule has 0 unspecified atom stereocenters. The van der Waals surface area contributed by atoms with Crippen molar-refractivity contribution in [2.45, 2.75) is 52.9 Å². The molecule has 0 radical (unpaired) electrons. The van der Waals surface area contributed by atoms with E-state index in [1.54, 1.807) is 18.2 Å². The van der Waals surface area contributed by atoms with Gasteiger partial charge in [-0.15, -0.1) is 0 Å². The third-order valence-electron chi connectivity index (χ3n) is 2.95. The largest absolute Gasteiger partial charge is 0.490 e. The van der Waals surface area contributed by atoms with Gasteiger partial charge in [0.15, 0.2) is 11.5 Å². The van der Waals surface area contributed by atoms with Crippen LogP contribution in [0.25, 0.3) is 0 Å². The number of hydrogen-bond donors (Lipinski definition) is 0. The van der Waals surface area contributed by atoms with Gasteiger partial charge >= 0.3 is 11.9 Å². The van der Waals surface area contributed by atoms with Gasteiger partial charge in [0.2, 0.25) is 5.75 Å². The molecule has 1 aromatic carbocycles. The highest BCUT2D eigenvalue weighted by molar-refractivity contribution is 5.75. The van der Waals surface area contributed by atoms with E-state index in [9.17, 15) is 9.59 Å². The van der Waals surface area contributed by atoms with E-state index in [2.05, 4.69) is 6.92 Å². The minimum absolute atomic E-state index is 0.152. The van der Waals surface area contributed by atoms with Crippen molar-refractivity contribution in [1.82, 2.24) is 0 Å². The average molecular weight is 308 g/mol. The molecule has 0 aliphatic heterocycles. The van der Waals surface area contributed by atoms with Crippen molar-refractivity contribution in [3.05, 3.63) is 18.2 Å². The lowest BCUT2D eigenvalue weighted by Crippen LogP contribution is -2.09. The van der Waals surface area contributed by atoms with Gasteiger partial charge in [-0.3, -0.25) is 9.59 Å². The molecule has 1 rings (SSSR count). The van der Waals surface area contributed by atoms with Crippen molar-refractivity contribution >= 4 is 11.9 Å². The fourth-order valence-electron chi connectivity index (χ4n) is 1.98. The predicted molar refractivity (Wildman–Crippen MR) is 83.3 cm³/mol. The number of carbonyl (C=O) groups excluding carboxylic acids is 2. The first-order chi connectivity index (χ1) is 10.5. The predicted octanol–water partition coefficient (Wildman–Crippen LogP) is 3.89. The second-order valence-electron chi connectivity index (χ2n) is 5.03. The number of rotatable bonds is 9. The Kier molecular flexibility index (Phi) is 8.04. The first kappa shape index (κ1) is 18.0. The smallest absolute Gasteiger partial charge is 0.308 e. The van der Waals surface area contributed by atoms with Crippen LogP contribution in [-0.2, 0) is 9.59 Å². The van der Waals surface area contributed by atoms with Crippen LogP contribution in [0.3, 0.4) is 0 Å². The first-order valence-corrected chi connectivity index (χ1v) is 7.67. The lowest BCUT2D eigenvalue weighted by atomic mass is 10.2. The van der Waals surface area contributed by atoms with Gasteiger partial charge in [0.25, 0.3) is 0 Å². The third-order valence-corrected chi connectivity index (χ3v) is 2.95. The summed E-state index contributed by atoms with van der Waals surface area (Å²) in [6.45, 7) is 5.28. The molecule has 5 nitrogen and oxygen atoms in total. The average Bonchev–Trinajstić information content (AvgIpc) is 2.44. The Labute approximate surface area is 131 Å². The van der Waals surface area contributed by atoms with Crippen LogP contribution in [0.4, 0.5) is 0 Å². The molecule has 0 heterocycles. The summed E-state index contributed by atoms with van der Waals surface area (Å²) in [6.07, 6.45) is 5.63. The fourth-order valence-corrected chi connectivity index (χ4v) is 1.98.